The van der Waals surface area contributed by atoms with E-state index in [1.165, 1.54) is 0 Å². The van der Waals surface area contributed by atoms with Crippen molar-refractivity contribution in [2.45, 2.75) is 51.8 Å². The molecule has 52 heavy (non-hydrogen) atoms. The normalized spacial score (nSPS) is 12.7. The number of aromatic amines is 1. The summed E-state index contributed by atoms with van der Waals surface area (Å²) in [6, 6.07) is 33.1. The second-order valence-electron chi connectivity index (χ2n) is 12.1. The Bertz CT molecular complexity index is 2030. The Kier molecular flexibility index (Phi) is 13.0. The van der Waals surface area contributed by atoms with Gasteiger partial charge in [0.05, 0.1) is 11.4 Å². The lowest BCUT2D eigenvalue weighted by Gasteiger charge is -2.22. The van der Waals surface area contributed by atoms with E-state index in [-0.39, 0.29) is 25.9 Å². The number of benzene rings is 4. The molecule has 1 heterocycles. The zero-order valence-electron chi connectivity index (χ0n) is 29.0. The fourth-order valence-corrected chi connectivity index (χ4v) is 5.36. The Labute approximate surface area is 301 Å². The molecule has 5 rings (SSSR count). The van der Waals surface area contributed by atoms with Gasteiger partial charge in [-0.2, -0.15) is 10.2 Å². The number of nitrogens with zero attached hydrogens (tertiary/aromatic N) is 2. The maximum absolute atomic E-state index is 13.9. The van der Waals surface area contributed by atoms with E-state index in [0.717, 1.165) is 33.2 Å². The fourth-order valence-electron chi connectivity index (χ4n) is 5.36. The number of para-hydroxylation sites is 1. The van der Waals surface area contributed by atoms with Gasteiger partial charge >= 0.3 is 6.09 Å². The summed E-state index contributed by atoms with van der Waals surface area (Å²) < 4.78 is 5.38. The SMILES string of the molecule is CC(=NNC(=O)CCC(NC(=O)OCc1ccccc1)C(=O)NC(Cc1c[nH]c2ccccc12)C(=O)NN=C(C)c1ccccc1)c1ccccc1. The van der Waals surface area contributed by atoms with Crippen molar-refractivity contribution in [3.8, 4) is 0 Å². The molecule has 0 saturated heterocycles. The highest BCUT2D eigenvalue weighted by molar-refractivity contribution is 6.00. The monoisotopic (exact) mass is 699 g/mol. The van der Waals surface area contributed by atoms with Crippen LogP contribution >= 0.6 is 0 Å². The number of amides is 4. The molecule has 1 aromatic heterocycles. The Balaban J connectivity index is 1.32. The third-order valence-electron chi connectivity index (χ3n) is 8.28. The highest BCUT2D eigenvalue weighted by Crippen LogP contribution is 2.19. The van der Waals surface area contributed by atoms with Crippen molar-refractivity contribution < 1.29 is 23.9 Å². The number of carbonyl (C=O) groups is 4. The Morgan fingerprint density at radius 2 is 1.25 bits per heavy atom. The van der Waals surface area contributed by atoms with Crippen LogP contribution in [0, 0.1) is 0 Å². The first-order chi connectivity index (χ1) is 25.3. The van der Waals surface area contributed by atoms with E-state index in [1.807, 2.05) is 103 Å². The van der Waals surface area contributed by atoms with E-state index in [9.17, 15) is 19.2 Å². The van der Waals surface area contributed by atoms with E-state index in [1.54, 1.807) is 32.2 Å². The quantitative estimate of drug-likeness (QED) is 0.0733. The van der Waals surface area contributed by atoms with Crippen LogP contribution in [0.4, 0.5) is 4.79 Å². The number of fused-ring (bicyclic) bond motifs is 1. The third kappa shape index (κ3) is 10.7. The van der Waals surface area contributed by atoms with Gasteiger partial charge < -0.3 is 20.4 Å². The Morgan fingerprint density at radius 3 is 1.90 bits per heavy atom. The number of carbonyl (C=O) groups excluding carboxylic acids is 4. The molecule has 0 fully saturated rings. The van der Waals surface area contributed by atoms with E-state index in [4.69, 9.17) is 4.74 Å². The summed E-state index contributed by atoms with van der Waals surface area (Å²) in [5.41, 5.74) is 10.3. The molecule has 0 spiro atoms. The number of nitrogens with one attached hydrogen (secondary N) is 5. The molecule has 0 aliphatic heterocycles. The van der Waals surface area contributed by atoms with Gasteiger partial charge in [0, 0.05) is 29.9 Å². The summed E-state index contributed by atoms with van der Waals surface area (Å²) in [4.78, 5) is 56.6. The van der Waals surface area contributed by atoms with Gasteiger partial charge in [0.25, 0.3) is 5.91 Å². The van der Waals surface area contributed by atoms with E-state index < -0.39 is 35.9 Å². The molecule has 4 aromatic carbocycles. The van der Waals surface area contributed by atoms with Crippen LogP contribution in [0.25, 0.3) is 10.9 Å². The molecule has 0 saturated carbocycles. The van der Waals surface area contributed by atoms with Gasteiger partial charge in [-0.05, 0) is 48.6 Å². The molecule has 0 bridgehead atoms. The van der Waals surface area contributed by atoms with Gasteiger partial charge in [-0.15, -0.1) is 0 Å². The van der Waals surface area contributed by atoms with E-state index >= 15 is 0 Å². The number of alkyl carbamates (subject to hydrolysis) is 1. The predicted octanol–water partition coefficient (Wildman–Crippen LogP) is 5.35. The third-order valence-corrected chi connectivity index (χ3v) is 8.28. The molecule has 4 amide bonds. The van der Waals surface area contributed by atoms with Gasteiger partial charge in [-0.1, -0.05) is 109 Å². The lowest BCUT2D eigenvalue weighted by Crippen LogP contribution is -2.54. The molecule has 2 unspecified atom stereocenters. The predicted molar refractivity (Wildman–Crippen MR) is 200 cm³/mol. The molecular formula is C40H41N7O5. The smallest absolute Gasteiger partial charge is 0.408 e. The highest BCUT2D eigenvalue weighted by atomic mass is 16.5. The van der Waals surface area contributed by atoms with Crippen LogP contribution in [0.5, 0.6) is 0 Å². The molecule has 266 valence electrons. The minimum absolute atomic E-state index is 0.0284. The topological polar surface area (TPSA) is 166 Å². The van der Waals surface area contributed by atoms with Gasteiger partial charge in [0.2, 0.25) is 11.8 Å². The van der Waals surface area contributed by atoms with Gasteiger partial charge in [0.15, 0.2) is 0 Å². The number of hydrogen-bond donors (Lipinski definition) is 5. The fraction of sp³-hybridized carbons (Fsp3) is 0.200. The molecule has 12 heteroatoms. The van der Waals surface area contributed by atoms with Crippen molar-refractivity contribution >= 4 is 46.1 Å². The van der Waals surface area contributed by atoms with Crippen LogP contribution in [-0.4, -0.2) is 52.3 Å². The lowest BCUT2D eigenvalue weighted by molar-refractivity contribution is -0.130. The maximum Gasteiger partial charge on any atom is 0.408 e. The van der Waals surface area contributed by atoms with Crippen molar-refractivity contribution in [2.75, 3.05) is 0 Å². The number of hydrogen-bond acceptors (Lipinski definition) is 7. The molecular weight excluding hydrogens is 658 g/mol. The molecule has 5 aromatic rings. The first-order valence-corrected chi connectivity index (χ1v) is 16.9. The molecule has 12 nitrogen and oxygen atoms in total. The lowest BCUT2D eigenvalue weighted by atomic mass is 10.0. The van der Waals surface area contributed by atoms with Gasteiger partial charge in [0.1, 0.15) is 18.7 Å². The average molecular weight is 700 g/mol. The average Bonchev–Trinajstić information content (AvgIpc) is 3.59. The summed E-state index contributed by atoms with van der Waals surface area (Å²) in [5.74, 6) is -1.72. The second-order valence-corrected chi connectivity index (χ2v) is 12.1. The number of hydrazone groups is 2. The highest BCUT2D eigenvalue weighted by Gasteiger charge is 2.29. The zero-order chi connectivity index (χ0) is 36.7. The van der Waals surface area contributed by atoms with Crippen LogP contribution in [-0.2, 0) is 32.1 Å². The number of ether oxygens (including phenoxy) is 1. The largest absolute Gasteiger partial charge is 0.445 e. The van der Waals surface area contributed by atoms with Crippen molar-refractivity contribution in [3.05, 3.63) is 144 Å². The molecule has 2 atom stereocenters. The van der Waals surface area contributed by atoms with Crippen molar-refractivity contribution in [1.82, 2.24) is 26.5 Å². The minimum Gasteiger partial charge on any atom is -0.445 e. The first-order valence-electron chi connectivity index (χ1n) is 16.9. The van der Waals surface area contributed by atoms with Crippen molar-refractivity contribution in [1.29, 1.82) is 0 Å². The van der Waals surface area contributed by atoms with Crippen LogP contribution in [0.3, 0.4) is 0 Å². The summed E-state index contributed by atoms with van der Waals surface area (Å²) >= 11 is 0. The van der Waals surface area contributed by atoms with Crippen LogP contribution in [0.15, 0.2) is 132 Å². The number of rotatable bonds is 15. The summed E-state index contributed by atoms with van der Waals surface area (Å²) in [6.45, 7) is 3.50. The molecule has 5 N–H and O–H groups in total. The minimum atomic E-state index is -1.24. The molecule has 0 aliphatic carbocycles. The zero-order valence-corrected chi connectivity index (χ0v) is 29.0. The first kappa shape index (κ1) is 36.7. The second kappa shape index (κ2) is 18.4. The standard InChI is InChI=1S/C40H41N7O5/c1-27(30-16-8-4-9-17-30)44-46-37(48)23-22-35(43-40(51)52-26-29-14-6-3-7-15-29)38(49)42-36(24-32-25-41-34-21-13-12-20-33(32)34)39(50)47-45-28(2)31-18-10-5-11-19-31/h3-21,25,35-36,41H,22-24,26H2,1-2H3,(H,42,49)(H,43,51)(H,46,48)(H,47,50). The van der Waals surface area contributed by atoms with E-state index in [2.05, 4.69) is 36.7 Å². The summed E-state index contributed by atoms with van der Waals surface area (Å²) in [5, 5.41) is 14.7. The number of aromatic nitrogens is 1. The van der Waals surface area contributed by atoms with Crippen LogP contribution < -0.4 is 21.5 Å². The molecule has 0 radical (unpaired) electrons. The van der Waals surface area contributed by atoms with Crippen molar-refractivity contribution in [3.63, 3.8) is 0 Å². The molecule has 0 aliphatic rings. The summed E-state index contributed by atoms with van der Waals surface area (Å²) in [7, 11) is 0. The Hall–Kier alpha value is -6.56. The van der Waals surface area contributed by atoms with Crippen LogP contribution in [0.1, 0.15) is 48.9 Å². The number of H-pyrrole nitrogens is 1. The van der Waals surface area contributed by atoms with Gasteiger partial charge in [-0.25, -0.2) is 15.6 Å². The Morgan fingerprint density at radius 1 is 0.673 bits per heavy atom. The van der Waals surface area contributed by atoms with E-state index in [0.29, 0.717) is 11.4 Å². The maximum atomic E-state index is 13.9. The van der Waals surface area contributed by atoms with Gasteiger partial charge in [-0.3, -0.25) is 14.4 Å². The van der Waals surface area contributed by atoms with Crippen molar-refractivity contribution in [2.24, 2.45) is 10.2 Å². The van der Waals surface area contributed by atoms with Crippen LogP contribution in [0.2, 0.25) is 0 Å². The summed E-state index contributed by atoms with van der Waals surface area (Å²) in [6.07, 6.45) is 0.769.